The van der Waals surface area contributed by atoms with Crippen LogP contribution in [0.15, 0.2) is 0 Å². The van der Waals surface area contributed by atoms with Gasteiger partial charge >= 0.3 is 12.8 Å². The van der Waals surface area contributed by atoms with E-state index in [9.17, 15) is 9.36 Å². The van der Waals surface area contributed by atoms with E-state index in [1.807, 2.05) is 18.7 Å². The average molecular weight is 312 g/mol. The van der Waals surface area contributed by atoms with Crippen LogP contribution in [0.2, 0.25) is 0 Å². The fourth-order valence-corrected chi connectivity index (χ4v) is 5.92. The second-order valence-electron chi connectivity index (χ2n) is 3.76. The van der Waals surface area contributed by atoms with Crippen molar-refractivity contribution in [1.29, 1.82) is 0 Å². The normalized spacial score (nSPS) is 19.3. The molecule has 1 saturated heterocycles. The monoisotopic (exact) mass is 312 g/mol. The van der Waals surface area contributed by atoms with Crippen molar-refractivity contribution in [1.82, 2.24) is 9.99 Å². The van der Waals surface area contributed by atoms with Crippen molar-refractivity contribution < 1.29 is 13.9 Å². The van der Waals surface area contributed by atoms with Crippen LogP contribution in [0.1, 0.15) is 20.3 Å². The van der Waals surface area contributed by atoms with E-state index in [1.54, 1.807) is 11.8 Å². The molecule has 106 valence electrons. The molecule has 0 aromatic carbocycles. The third kappa shape index (κ3) is 5.43. The first kappa shape index (κ1) is 16.2. The lowest BCUT2D eigenvalue weighted by atomic mass is 10.5. The molecule has 1 aliphatic rings. The van der Waals surface area contributed by atoms with Crippen LogP contribution in [0.5, 0.6) is 0 Å². The fourth-order valence-electron chi connectivity index (χ4n) is 1.44. The molecule has 1 rings (SSSR count). The van der Waals surface area contributed by atoms with E-state index >= 15 is 0 Å². The highest BCUT2D eigenvalue weighted by atomic mass is 32.7. The number of carbonyl (C=O) groups excluding carboxylic acids is 1. The van der Waals surface area contributed by atoms with Crippen LogP contribution >= 0.6 is 29.9 Å². The van der Waals surface area contributed by atoms with Gasteiger partial charge in [-0.15, -0.1) is 0 Å². The molecule has 0 bridgehead atoms. The molecule has 1 heterocycles. The van der Waals surface area contributed by atoms with Gasteiger partial charge in [-0.1, -0.05) is 6.92 Å². The van der Waals surface area contributed by atoms with Crippen LogP contribution in [0.3, 0.4) is 0 Å². The molecule has 1 N–H and O–H groups in total. The Morgan fingerprint density at radius 1 is 1.44 bits per heavy atom. The summed E-state index contributed by atoms with van der Waals surface area (Å²) in [5, 5.41) is 2.57. The maximum Gasteiger partial charge on any atom is 0.354 e. The maximum absolute atomic E-state index is 12.4. The van der Waals surface area contributed by atoms with Crippen LogP contribution in [-0.2, 0) is 9.09 Å². The lowest BCUT2D eigenvalue weighted by Gasteiger charge is -2.28. The van der Waals surface area contributed by atoms with Crippen LogP contribution in [0.25, 0.3) is 0 Å². The summed E-state index contributed by atoms with van der Waals surface area (Å²) in [6.07, 6.45) is 0.901. The number of nitrogens with one attached hydrogen (secondary N) is 1. The Bertz CT molecular complexity index is 311. The Morgan fingerprint density at radius 3 is 2.67 bits per heavy atom. The van der Waals surface area contributed by atoms with Crippen molar-refractivity contribution in [3.63, 3.8) is 0 Å². The summed E-state index contributed by atoms with van der Waals surface area (Å²) < 4.78 is 17.6. The molecule has 0 aromatic heterocycles. The van der Waals surface area contributed by atoms with Gasteiger partial charge in [0.25, 0.3) is 0 Å². The molecule has 18 heavy (non-hydrogen) atoms. The quantitative estimate of drug-likeness (QED) is 0.764. The minimum atomic E-state index is -3.09. The van der Waals surface area contributed by atoms with Gasteiger partial charge in [0.15, 0.2) is 0 Å². The molecule has 1 fully saturated rings. The Labute approximate surface area is 117 Å². The van der Waals surface area contributed by atoms with Crippen LogP contribution in [0, 0.1) is 0 Å². The lowest BCUT2D eigenvalue weighted by molar-refractivity contribution is 0.207. The van der Waals surface area contributed by atoms with E-state index in [0.717, 1.165) is 17.9 Å². The van der Waals surface area contributed by atoms with Gasteiger partial charge in [-0.25, -0.2) is 4.79 Å². The molecule has 1 unspecified atom stereocenters. The fraction of sp³-hybridized carbons (Fsp3) is 0.900. The number of nitrogens with zero attached hydrogens (tertiary/aromatic N) is 1. The van der Waals surface area contributed by atoms with Crippen LogP contribution in [-0.4, -0.2) is 47.9 Å². The zero-order valence-corrected chi connectivity index (χ0v) is 13.4. The van der Waals surface area contributed by atoms with Gasteiger partial charge in [0.05, 0.1) is 6.61 Å². The Morgan fingerprint density at radius 2 is 2.11 bits per heavy atom. The molecule has 2 amide bonds. The van der Waals surface area contributed by atoms with Gasteiger partial charge in [0.2, 0.25) is 0 Å². The van der Waals surface area contributed by atoms with Crippen LogP contribution in [0.4, 0.5) is 4.79 Å². The molecular weight excluding hydrogens is 291 g/mol. The van der Waals surface area contributed by atoms with E-state index in [0.29, 0.717) is 25.4 Å². The van der Waals surface area contributed by atoms with Gasteiger partial charge in [-0.2, -0.15) is 11.8 Å². The topological polar surface area (TPSA) is 58.6 Å². The largest absolute Gasteiger partial charge is 0.354 e. The molecule has 5 nitrogen and oxygen atoms in total. The summed E-state index contributed by atoms with van der Waals surface area (Å²) in [6.45, 7) is 2.45. The summed E-state index contributed by atoms with van der Waals surface area (Å²) in [5.74, 6) is 2.59. The lowest BCUT2D eigenvalue weighted by Crippen LogP contribution is -2.43. The Hall–Kier alpha value is 0.160. The van der Waals surface area contributed by atoms with E-state index in [4.69, 9.17) is 4.52 Å². The first-order valence-electron chi connectivity index (χ1n) is 6.15. The van der Waals surface area contributed by atoms with E-state index in [2.05, 4.69) is 5.09 Å². The predicted octanol–water partition coefficient (Wildman–Crippen LogP) is 3.03. The number of hydrogen-bond donors (Lipinski definition) is 1. The van der Waals surface area contributed by atoms with Crippen molar-refractivity contribution in [2.75, 3.05) is 37.0 Å². The van der Waals surface area contributed by atoms with Crippen molar-refractivity contribution in [3.05, 3.63) is 0 Å². The molecular formula is C10H21N2O3PS2. The molecule has 0 spiro atoms. The smallest absolute Gasteiger partial charge is 0.323 e. The van der Waals surface area contributed by atoms with Gasteiger partial charge in [0, 0.05) is 30.3 Å². The zero-order valence-electron chi connectivity index (χ0n) is 10.9. The summed E-state index contributed by atoms with van der Waals surface area (Å²) >= 11 is 3.04. The number of hydrogen-bond acceptors (Lipinski definition) is 5. The van der Waals surface area contributed by atoms with Gasteiger partial charge < -0.3 is 9.42 Å². The van der Waals surface area contributed by atoms with Gasteiger partial charge in [-0.05, 0) is 24.7 Å². The van der Waals surface area contributed by atoms with Crippen molar-refractivity contribution in [3.8, 4) is 0 Å². The Balaban J connectivity index is 2.53. The molecule has 8 heteroatoms. The molecule has 0 aliphatic carbocycles. The summed E-state index contributed by atoms with van der Waals surface area (Å²) in [5.41, 5.74) is 0. The maximum atomic E-state index is 12.4. The minimum absolute atomic E-state index is 0.268. The second-order valence-corrected chi connectivity index (χ2v) is 9.35. The van der Waals surface area contributed by atoms with E-state index < -0.39 is 6.72 Å². The molecule has 0 saturated carbocycles. The van der Waals surface area contributed by atoms with Crippen molar-refractivity contribution in [2.45, 2.75) is 20.3 Å². The highest BCUT2D eigenvalue weighted by molar-refractivity contribution is 8.56. The van der Waals surface area contributed by atoms with Gasteiger partial charge in [-0.3, -0.25) is 9.65 Å². The van der Waals surface area contributed by atoms with Crippen molar-refractivity contribution >= 4 is 35.9 Å². The minimum Gasteiger partial charge on any atom is -0.323 e. The SMILES string of the molecule is CCCSP(=O)(NC(=O)N1CCSCC1)OCC. The first-order chi connectivity index (χ1) is 8.61. The van der Waals surface area contributed by atoms with E-state index in [-0.39, 0.29) is 6.03 Å². The molecule has 0 aromatic rings. The number of amides is 2. The number of thioether (sulfide) groups is 1. The molecule has 1 atom stereocenters. The van der Waals surface area contributed by atoms with E-state index in [1.165, 1.54) is 11.4 Å². The van der Waals surface area contributed by atoms with Gasteiger partial charge in [0.1, 0.15) is 0 Å². The summed E-state index contributed by atoms with van der Waals surface area (Å²) in [4.78, 5) is 13.7. The number of carbonyl (C=O) groups is 1. The summed E-state index contributed by atoms with van der Waals surface area (Å²) in [6, 6.07) is -0.268. The molecule has 0 radical (unpaired) electrons. The number of urea groups is 1. The highest BCUT2D eigenvalue weighted by Gasteiger charge is 2.28. The van der Waals surface area contributed by atoms with Crippen LogP contribution < -0.4 is 5.09 Å². The standard InChI is InChI=1S/C10H21N2O3PS2/c1-3-7-18-16(14,15-4-2)11-10(13)12-5-8-17-9-6-12/h3-9H2,1-2H3,(H,11,13,14). The first-order valence-corrected chi connectivity index (χ1v) is 10.5. The molecule has 1 aliphatic heterocycles. The highest BCUT2D eigenvalue weighted by Crippen LogP contribution is 2.56. The Kier molecular flexibility index (Phi) is 7.53. The third-order valence-corrected chi connectivity index (χ3v) is 7.39. The predicted molar refractivity (Wildman–Crippen MR) is 79.4 cm³/mol. The average Bonchev–Trinajstić information content (AvgIpc) is 2.38. The van der Waals surface area contributed by atoms with Crippen molar-refractivity contribution in [2.24, 2.45) is 0 Å². The number of rotatable bonds is 6. The third-order valence-electron chi connectivity index (χ3n) is 2.30. The second kappa shape index (κ2) is 8.35. The zero-order chi connectivity index (χ0) is 13.4. The summed E-state index contributed by atoms with van der Waals surface area (Å²) in [7, 11) is 0.